The standard InChI is InChI=1S/C28H26N6O5S/c35-25-17-26(33-13-15-39-16-14-33)29-27-22(7-4-8-23(25)27)24-18-34(32-30-24)20-11-9-19(10-12-20)28(36)31-40(37,38)21-5-2-1-3-6-21/h1-12,17-18,30,32H,13-16H2,(H,29,35)(H,31,36). The summed E-state index contributed by atoms with van der Waals surface area (Å²) in [6.07, 6.45) is 1.84. The van der Waals surface area contributed by atoms with Gasteiger partial charge in [0.1, 0.15) is 5.82 Å². The Morgan fingerprint density at radius 2 is 1.68 bits per heavy atom. The number of anilines is 2. The molecule has 2 aliphatic rings. The van der Waals surface area contributed by atoms with Gasteiger partial charge in [-0.1, -0.05) is 30.3 Å². The Bertz CT molecular complexity index is 1760. The molecule has 40 heavy (non-hydrogen) atoms. The lowest BCUT2D eigenvalue weighted by molar-refractivity contribution is 0.0981. The van der Waals surface area contributed by atoms with Gasteiger partial charge in [-0.3, -0.25) is 14.6 Å². The number of ether oxygens (including phenoxy) is 1. The fourth-order valence-corrected chi connectivity index (χ4v) is 5.66. The first-order chi connectivity index (χ1) is 19.4. The number of carbonyl (C=O) groups is 1. The van der Waals surface area contributed by atoms with Crippen LogP contribution in [0.15, 0.2) is 94.8 Å². The molecule has 1 aromatic heterocycles. The van der Waals surface area contributed by atoms with Crippen molar-refractivity contribution in [3.8, 4) is 0 Å². The minimum Gasteiger partial charge on any atom is -0.378 e. The molecule has 3 heterocycles. The van der Waals surface area contributed by atoms with E-state index >= 15 is 0 Å². The van der Waals surface area contributed by atoms with E-state index in [0.717, 1.165) is 17.1 Å². The third kappa shape index (κ3) is 5.02. The van der Waals surface area contributed by atoms with Crippen LogP contribution in [0.25, 0.3) is 16.6 Å². The number of nitrogens with zero attached hydrogens (tertiary/aromatic N) is 2. The zero-order valence-corrected chi connectivity index (χ0v) is 22.1. The van der Waals surface area contributed by atoms with E-state index in [-0.39, 0.29) is 15.9 Å². The van der Waals surface area contributed by atoms with Crippen molar-refractivity contribution in [2.24, 2.45) is 0 Å². The molecule has 1 fully saturated rings. The molecule has 0 atom stereocenters. The maximum absolute atomic E-state index is 12.9. The fourth-order valence-electron chi connectivity index (χ4n) is 4.66. The van der Waals surface area contributed by atoms with Gasteiger partial charge >= 0.3 is 0 Å². The highest BCUT2D eigenvalue weighted by Gasteiger charge is 2.21. The minimum absolute atomic E-state index is 0.0109. The van der Waals surface area contributed by atoms with Gasteiger partial charge in [0.25, 0.3) is 15.9 Å². The van der Waals surface area contributed by atoms with Crippen molar-refractivity contribution in [3.63, 3.8) is 0 Å². The zero-order valence-electron chi connectivity index (χ0n) is 21.3. The Morgan fingerprint density at radius 1 is 0.925 bits per heavy atom. The summed E-state index contributed by atoms with van der Waals surface area (Å²) in [5, 5.41) is 2.30. The Balaban J connectivity index is 1.23. The quantitative estimate of drug-likeness (QED) is 0.281. The molecule has 204 valence electrons. The Morgan fingerprint density at radius 3 is 2.42 bits per heavy atom. The number of rotatable bonds is 6. The van der Waals surface area contributed by atoms with Crippen LogP contribution in [0.3, 0.4) is 0 Å². The van der Waals surface area contributed by atoms with E-state index in [4.69, 9.17) is 4.74 Å². The van der Waals surface area contributed by atoms with Gasteiger partial charge in [0, 0.05) is 41.9 Å². The van der Waals surface area contributed by atoms with Crippen LogP contribution in [0, 0.1) is 0 Å². The van der Waals surface area contributed by atoms with Crippen LogP contribution >= 0.6 is 0 Å². The smallest absolute Gasteiger partial charge is 0.264 e. The van der Waals surface area contributed by atoms with E-state index in [0.29, 0.717) is 42.9 Å². The number of benzene rings is 3. The molecule has 0 bridgehead atoms. The highest BCUT2D eigenvalue weighted by atomic mass is 32.2. The summed E-state index contributed by atoms with van der Waals surface area (Å²) in [5.41, 5.74) is 9.29. The van der Waals surface area contributed by atoms with E-state index in [9.17, 15) is 18.0 Å². The van der Waals surface area contributed by atoms with Gasteiger partial charge in [-0.05, 0) is 42.5 Å². The molecule has 4 aromatic rings. The Labute approximate surface area is 230 Å². The number of hydrogen-bond acceptors (Lipinski definition) is 9. The van der Waals surface area contributed by atoms with E-state index in [1.54, 1.807) is 59.6 Å². The molecule has 12 heteroatoms. The van der Waals surface area contributed by atoms with E-state index in [1.807, 2.05) is 18.3 Å². The largest absolute Gasteiger partial charge is 0.378 e. The number of morpholine rings is 1. The van der Waals surface area contributed by atoms with Crippen LogP contribution in [-0.2, 0) is 14.8 Å². The summed E-state index contributed by atoms with van der Waals surface area (Å²) in [7, 11) is -3.98. The SMILES string of the molecule is O=C(NS(=O)(=O)c1ccccc1)c1ccc(N2C=C(c3cccc4c(=O)cc(N5CCOCC5)[nH]c34)NN2)cc1. The predicted molar refractivity (Wildman–Crippen MR) is 152 cm³/mol. The second-order valence-electron chi connectivity index (χ2n) is 9.29. The van der Waals surface area contributed by atoms with E-state index in [1.165, 1.54) is 12.1 Å². The monoisotopic (exact) mass is 558 g/mol. The lowest BCUT2D eigenvalue weighted by atomic mass is 10.1. The Kier molecular flexibility index (Phi) is 6.72. The molecule has 0 unspecified atom stereocenters. The molecule has 1 saturated heterocycles. The molecule has 4 N–H and O–H groups in total. The van der Waals surface area contributed by atoms with Crippen molar-refractivity contribution < 1.29 is 17.9 Å². The minimum atomic E-state index is -3.98. The zero-order chi connectivity index (χ0) is 27.7. The van der Waals surface area contributed by atoms with E-state index in [2.05, 4.69) is 25.6 Å². The summed E-state index contributed by atoms with van der Waals surface area (Å²) in [5.74, 6) is 0.0229. The number of para-hydroxylation sites is 1. The molecule has 3 aromatic carbocycles. The van der Waals surface area contributed by atoms with Crippen LogP contribution in [0.5, 0.6) is 0 Å². The average Bonchev–Trinajstić information content (AvgIpc) is 3.48. The number of aromatic nitrogens is 1. The van der Waals surface area contributed by atoms with Crippen molar-refractivity contribution in [3.05, 3.63) is 106 Å². The summed E-state index contributed by atoms with van der Waals surface area (Å²) in [6, 6.07) is 21.4. The lowest BCUT2D eigenvalue weighted by Gasteiger charge is -2.28. The first kappa shape index (κ1) is 25.6. The molecule has 0 aliphatic carbocycles. The van der Waals surface area contributed by atoms with Crippen molar-refractivity contribution >= 4 is 44.0 Å². The molecule has 0 saturated carbocycles. The maximum Gasteiger partial charge on any atom is 0.264 e. The lowest BCUT2D eigenvalue weighted by Crippen LogP contribution is -2.37. The molecular formula is C28H26N6O5S. The molecule has 0 radical (unpaired) electrons. The van der Waals surface area contributed by atoms with Crippen LogP contribution in [-0.4, -0.2) is 45.6 Å². The molecular weight excluding hydrogens is 532 g/mol. The number of H-pyrrole nitrogens is 1. The van der Waals surface area contributed by atoms with Gasteiger partial charge < -0.3 is 20.0 Å². The summed E-state index contributed by atoms with van der Waals surface area (Å²) in [4.78, 5) is 31.1. The number of amides is 1. The predicted octanol–water partition coefficient (Wildman–Crippen LogP) is 2.31. The van der Waals surface area contributed by atoms with Crippen molar-refractivity contribution in [2.45, 2.75) is 4.90 Å². The van der Waals surface area contributed by atoms with Crippen molar-refractivity contribution in [2.75, 3.05) is 36.2 Å². The third-order valence-electron chi connectivity index (χ3n) is 6.75. The molecule has 2 aliphatic heterocycles. The van der Waals surface area contributed by atoms with Crippen LogP contribution < -0.4 is 31.0 Å². The molecule has 6 rings (SSSR count). The summed E-state index contributed by atoms with van der Waals surface area (Å²) < 4.78 is 32.5. The van der Waals surface area contributed by atoms with E-state index < -0.39 is 15.9 Å². The first-order valence-corrected chi connectivity index (χ1v) is 14.1. The number of pyridine rings is 1. The second-order valence-corrected chi connectivity index (χ2v) is 11.0. The highest BCUT2D eigenvalue weighted by molar-refractivity contribution is 7.90. The fraction of sp³-hybridized carbons (Fsp3) is 0.143. The second kappa shape index (κ2) is 10.5. The van der Waals surface area contributed by atoms with Gasteiger partial charge in [-0.15, -0.1) is 5.53 Å². The van der Waals surface area contributed by atoms with Crippen molar-refractivity contribution in [1.82, 2.24) is 20.7 Å². The average molecular weight is 559 g/mol. The number of nitrogens with one attached hydrogen (secondary N) is 4. The van der Waals surface area contributed by atoms with Crippen molar-refractivity contribution in [1.29, 1.82) is 0 Å². The summed E-state index contributed by atoms with van der Waals surface area (Å²) in [6.45, 7) is 2.62. The Hall–Kier alpha value is -4.65. The number of hydrogen-bond donors (Lipinski definition) is 4. The van der Waals surface area contributed by atoms with Crippen LogP contribution in [0.2, 0.25) is 0 Å². The molecule has 0 spiro atoms. The normalized spacial score (nSPS) is 15.6. The number of aromatic amines is 1. The van der Waals surface area contributed by atoms with Gasteiger partial charge in [-0.25, -0.2) is 13.1 Å². The van der Waals surface area contributed by atoms with Crippen LogP contribution in [0.1, 0.15) is 15.9 Å². The topological polar surface area (TPSA) is 136 Å². The number of fused-ring (bicyclic) bond motifs is 1. The number of hydrazine groups is 2. The highest BCUT2D eigenvalue weighted by Crippen LogP contribution is 2.26. The van der Waals surface area contributed by atoms with Gasteiger partial charge in [0.2, 0.25) is 0 Å². The molecule has 11 nitrogen and oxygen atoms in total. The van der Waals surface area contributed by atoms with Gasteiger partial charge in [0.15, 0.2) is 5.43 Å². The van der Waals surface area contributed by atoms with Gasteiger partial charge in [0.05, 0.1) is 35.0 Å². The van der Waals surface area contributed by atoms with Gasteiger partial charge in [-0.2, -0.15) is 0 Å². The number of sulfonamides is 1. The van der Waals surface area contributed by atoms with Crippen LogP contribution in [0.4, 0.5) is 11.5 Å². The summed E-state index contributed by atoms with van der Waals surface area (Å²) >= 11 is 0. The first-order valence-electron chi connectivity index (χ1n) is 12.6. The third-order valence-corrected chi connectivity index (χ3v) is 8.10. The molecule has 1 amide bonds. The maximum atomic E-state index is 12.9. The number of carbonyl (C=O) groups excluding carboxylic acids is 1.